The first-order valence-corrected chi connectivity index (χ1v) is 9.10. The molecule has 1 aliphatic carbocycles. The Morgan fingerprint density at radius 2 is 2.19 bits per heavy atom. The molecule has 0 saturated heterocycles. The highest BCUT2D eigenvalue weighted by Crippen LogP contribution is 2.41. The molecule has 0 spiro atoms. The van der Waals surface area contributed by atoms with E-state index in [-0.39, 0.29) is 12.1 Å². The fourth-order valence-corrected chi connectivity index (χ4v) is 4.80. The van der Waals surface area contributed by atoms with E-state index in [1.165, 1.54) is 33.4 Å². The van der Waals surface area contributed by atoms with Crippen LogP contribution in [0.1, 0.15) is 17.5 Å². The number of amides is 1. The fourth-order valence-electron chi connectivity index (χ4n) is 3.69. The Labute approximate surface area is 151 Å². The molecule has 0 atom stereocenters. The molecule has 1 amide bonds. The SMILES string of the molecule is NC(=O)Cn1cnc2c(sc3nc(-c4ccco4)c4c(c32)CCC4)c1=O. The molecule has 130 valence electrons. The molecule has 0 fully saturated rings. The van der Waals surface area contributed by atoms with Gasteiger partial charge in [0.1, 0.15) is 21.8 Å². The summed E-state index contributed by atoms with van der Waals surface area (Å²) in [5.41, 5.74) is 8.84. The average Bonchev–Trinajstić information content (AvgIpc) is 3.34. The third-order valence-corrected chi connectivity index (χ3v) is 5.81. The maximum Gasteiger partial charge on any atom is 0.271 e. The van der Waals surface area contributed by atoms with Gasteiger partial charge in [0.05, 0.1) is 18.1 Å². The maximum absolute atomic E-state index is 12.7. The zero-order valence-electron chi connectivity index (χ0n) is 13.7. The monoisotopic (exact) mass is 366 g/mol. The van der Waals surface area contributed by atoms with Crippen molar-refractivity contribution in [3.8, 4) is 11.5 Å². The molecule has 4 aromatic rings. The van der Waals surface area contributed by atoms with Gasteiger partial charge in [-0.25, -0.2) is 9.97 Å². The lowest BCUT2D eigenvalue weighted by Crippen LogP contribution is -2.27. The fraction of sp³-hybridized carbons (Fsp3) is 0.222. The van der Waals surface area contributed by atoms with Crippen LogP contribution >= 0.6 is 11.3 Å². The van der Waals surface area contributed by atoms with E-state index >= 15 is 0 Å². The summed E-state index contributed by atoms with van der Waals surface area (Å²) in [5, 5.41) is 0.955. The van der Waals surface area contributed by atoms with Gasteiger partial charge in [-0.05, 0) is 42.5 Å². The van der Waals surface area contributed by atoms with Gasteiger partial charge in [-0.3, -0.25) is 14.2 Å². The number of aromatic nitrogens is 3. The summed E-state index contributed by atoms with van der Waals surface area (Å²) in [4.78, 5) is 33.9. The summed E-state index contributed by atoms with van der Waals surface area (Å²) >= 11 is 1.31. The number of pyridine rings is 1. The first kappa shape index (κ1) is 15.3. The molecule has 4 aromatic heterocycles. The van der Waals surface area contributed by atoms with Gasteiger partial charge >= 0.3 is 0 Å². The highest BCUT2D eigenvalue weighted by atomic mass is 32.1. The summed E-state index contributed by atoms with van der Waals surface area (Å²) in [6.45, 7) is -0.181. The molecule has 0 aliphatic heterocycles. The Balaban J connectivity index is 1.85. The lowest BCUT2D eigenvalue weighted by Gasteiger charge is -2.07. The van der Waals surface area contributed by atoms with Gasteiger partial charge in [-0.1, -0.05) is 0 Å². The van der Waals surface area contributed by atoms with E-state index in [9.17, 15) is 9.59 Å². The molecule has 0 radical (unpaired) electrons. The number of rotatable bonds is 3. The van der Waals surface area contributed by atoms with Crippen LogP contribution in [0.4, 0.5) is 0 Å². The van der Waals surface area contributed by atoms with Crippen LogP contribution in [-0.2, 0) is 24.2 Å². The molecular formula is C18H14N4O3S. The minimum Gasteiger partial charge on any atom is -0.463 e. The third kappa shape index (κ3) is 2.12. The topological polar surface area (TPSA) is 104 Å². The van der Waals surface area contributed by atoms with Crippen molar-refractivity contribution in [2.45, 2.75) is 25.8 Å². The standard InChI is InChI=1S/C18H14N4O3S/c19-12(23)7-22-8-20-15-13-9-3-1-4-10(9)14(11-5-2-6-25-11)21-17(13)26-16(15)18(22)24/h2,5-6,8H,1,3-4,7H2,(H2,19,23). The van der Waals surface area contributed by atoms with E-state index in [4.69, 9.17) is 15.1 Å². The number of thiophene rings is 1. The van der Waals surface area contributed by atoms with E-state index in [0.717, 1.165) is 40.9 Å². The summed E-state index contributed by atoms with van der Waals surface area (Å²) in [6, 6.07) is 3.75. The molecule has 7 nitrogen and oxygen atoms in total. The van der Waals surface area contributed by atoms with Gasteiger partial charge in [-0.2, -0.15) is 0 Å². The van der Waals surface area contributed by atoms with Crippen molar-refractivity contribution in [1.82, 2.24) is 14.5 Å². The molecule has 4 heterocycles. The van der Waals surface area contributed by atoms with Crippen LogP contribution in [0, 0.1) is 0 Å². The van der Waals surface area contributed by atoms with Gasteiger partial charge in [0, 0.05) is 5.39 Å². The van der Waals surface area contributed by atoms with Gasteiger partial charge in [0.25, 0.3) is 5.56 Å². The molecular weight excluding hydrogens is 352 g/mol. The quantitative estimate of drug-likeness (QED) is 0.599. The third-order valence-electron chi connectivity index (χ3n) is 4.75. The number of hydrogen-bond donors (Lipinski definition) is 1. The van der Waals surface area contributed by atoms with E-state index in [0.29, 0.717) is 10.2 Å². The number of nitrogens with two attached hydrogens (primary N) is 1. The van der Waals surface area contributed by atoms with E-state index < -0.39 is 5.91 Å². The van der Waals surface area contributed by atoms with Gasteiger partial charge in [-0.15, -0.1) is 11.3 Å². The lowest BCUT2D eigenvalue weighted by molar-refractivity contribution is -0.118. The number of nitrogens with zero attached hydrogens (tertiary/aromatic N) is 3. The van der Waals surface area contributed by atoms with Crippen molar-refractivity contribution in [3.05, 3.63) is 46.2 Å². The van der Waals surface area contributed by atoms with Crippen molar-refractivity contribution in [3.63, 3.8) is 0 Å². The molecule has 0 bridgehead atoms. The highest BCUT2D eigenvalue weighted by molar-refractivity contribution is 7.25. The summed E-state index contributed by atoms with van der Waals surface area (Å²) in [6.07, 6.45) is 5.94. The molecule has 26 heavy (non-hydrogen) atoms. The Bertz CT molecular complexity index is 1240. The van der Waals surface area contributed by atoms with Crippen LogP contribution in [0.2, 0.25) is 0 Å². The molecule has 5 rings (SSSR count). The van der Waals surface area contributed by atoms with E-state index in [2.05, 4.69) is 4.98 Å². The Morgan fingerprint density at radius 1 is 1.35 bits per heavy atom. The number of carbonyl (C=O) groups excluding carboxylic acids is 1. The summed E-state index contributed by atoms with van der Waals surface area (Å²) in [7, 11) is 0. The van der Waals surface area contributed by atoms with Crippen molar-refractivity contribution < 1.29 is 9.21 Å². The van der Waals surface area contributed by atoms with Crippen molar-refractivity contribution in [2.24, 2.45) is 5.73 Å². The molecule has 0 saturated carbocycles. The van der Waals surface area contributed by atoms with Crippen LogP contribution in [0.5, 0.6) is 0 Å². The van der Waals surface area contributed by atoms with Crippen LogP contribution in [0.25, 0.3) is 31.9 Å². The predicted octanol–water partition coefficient (Wildman–Crippen LogP) is 2.24. The largest absolute Gasteiger partial charge is 0.463 e. The zero-order chi connectivity index (χ0) is 17.8. The number of furan rings is 1. The zero-order valence-corrected chi connectivity index (χ0v) is 14.5. The van der Waals surface area contributed by atoms with Gasteiger partial charge < -0.3 is 10.2 Å². The number of carbonyl (C=O) groups is 1. The second kappa shape index (κ2) is 5.50. The average molecular weight is 366 g/mol. The first-order valence-electron chi connectivity index (χ1n) is 8.29. The molecule has 0 unspecified atom stereocenters. The van der Waals surface area contributed by atoms with E-state index in [1.54, 1.807) is 6.26 Å². The number of hydrogen-bond acceptors (Lipinski definition) is 6. The minimum absolute atomic E-state index is 0.181. The van der Waals surface area contributed by atoms with Crippen molar-refractivity contribution >= 4 is 37.7 Å². The lowest BCUT2D eigenvalue weighted by atomic mass is 10.0. The maximum atomic E-state index is 12.7. The molecule has 8 heteroatoms. The Kier molecular flexibility index (Phi) is 3.23. The smallest absolute Gasteiger partial charge is 0.271 e. The number of fused-ring (bicyclic) bond motifs is 5. The molecule has 2 N–H and O–H groups in total. The number of aryl methyl sites for hydroxylation is 1. The van der Waals surface area contributed by atoms with Gasteiger partial charge in [0.15, 0.2) is 5.76 Å². The highest BCUT2D eigenvalue weighted by Gasteiger charge is 2.25. The van der Waals surface area contributed by atoms with Crippen LogP contribution in [0.15, 0.2) is 33.9 Å². The second-order valence-electron chi connectivity index (χ2n) is 6.35. The van der Waals surface area contributed by atoms with Crippen molar-refractivity contribution in [2.75, 3.05) is 0 Å². The molecule has 0 aromatic carbocycles. The number of primary amides is 1. The molecule has 1 aliphatic rings. The van der Waals surface area contributed by atoms with Gasteiger partial charge in [0.2, 0.25) is 5.91 Å². The Hall–Kier alpha value is -3.00. The van der Waals surface area contributed by atoms with Crippen molar-refractivity contribution in [1.29, 1.82) is 0 Å². The van der Waals surface area contributed by atoms with Crippen LogP contribution < -0.4 is 11.3 Å². The van der Waals surface area contributed by atoms with Crippen LogP contribution in [0.3, 0.4) is 0 Å². The Morgan fingerprint density at radius 3 is 2.96 bits per heavy atom. The summed E-state index contributed by atoms with van der Waals surface area (Å²) in [5.74, 6) is 0.162. The van der Waals surface area contributed by atoms with E-state index in [1.807, 2.05) is 12.1 Å². The predicted molar refractivity (Wildman–Crippen MR) is 98.1 cm³/mol. The van der Waals surface area contributed by atoms with Crippen LogP contribution in [-0.4, -0.2) is 20.4 Å². The first-order chi connectivity index (χ1) is 12.6. The normalized spacial score (nSPS) is 13.5. The second-order valence-corrected chi connectivity index (χ2v) is 7.35. The minimum atomic E-state index is -0.575. The summed E-state index contributed by atoms with van der Waals surface area (Å²) < 4.78 is 7.31.